The monoisotopic (exact) mass is 953 g/mol. The number of methoxy groups -OCH3 is 2. The van der Waals surface area contributed by atoms with Gasteiger partial charge >= 0.3 is 18.3 Å². The number of hydrogen-bond acceptors (Lipinski definition) is 13. The molecule has 3 aromatic carbocycles. The number of carbonyl (C=O) groups excluding carboxylic acids is 1. The third kappa shape index (κ3) is 9.86. The molecule has 1 aliphatic carbocycles. The number of ether oxygens (including phenoxy) is 6. The number of halogens is 4. The minimum atomic E-state index is -4.84. The number of alkyl halides is 3. The third-order valence-electron chi connectivity index (χ3n) is 12.2. The van der Waals surface area contributed by atoms with Crippen LogP contribution < -0.4 is 34.1 Å². The molecule has 0 unspecified atom stereocenters. The van der Waals surface area contributed by atoms with Gasteiger partial charge in [-0.1, -0.05) is 41.9 Å². The lowest BCUT2D eigenvalue weighted by Crippen LogP contribution is -2.38. The van der Waals surface area contributed by atoms with Crippen LogP contribution in [0.2, 0.25) is 5.02 Å². The highest BCUT2D eigenvalue weighted by atomic mass is 35.5. The van der Waals surface area contributed by atoms with Crippen LogP contribution in [0, 0.1) is 12.3 Å². The Morgan fingerprint density at radius 1 is 0.956 bits per heavy atom. The van der Waals surface area contributed by atoms with Crippen molar-refractivity contribution in [3.8, 4) is 34.5 Å². The van der Waals surface area contributed by atoms with Crippen LogP contribution in [0.15, 0.2) is 79.0 Å². The summed E-state index contributed by atoms with van der Waals surface area (Å²) in [5.41, 5.74) is 0.229. The van der Waals surface area contributed by atoms with E-state index in [1.807, 2.05) is 64.4 Å². The molecule has 0 atom stereocenters. The molecule has 4 aliphatic rings. The van der Waals surface area contributed by atoms with E-state index >= 15 is 13.2 Å². The number of carbonyl (C=O) groups is 1. The Bertz CT molecular complexity index is 2780. The van der Waals surface area contributed by atoms with Gasteiger partial charge in [0.2, 0.25) is 0 Å². The minimum absolute atomic E-state index is 0.0146. The number of nitrogens with zero attached hydrogens (tertiary/aromatic N) is 6. The second-order valence-corrected chi connectivity index (χ2v) is 18.8. The molecule has 68 heavy (non-hydrogen) atoms. The fourth-order valence-corrected chi connectivity index (χ4v) is 9.20. The number of hydrogen-bond donors (Lipinski definition) is 1. The predicted octanol–water partition coefficient (Wildman–Crippen LogP) is 10.6. The SMILES string of the molecule is COc1ccc(CN(Cc2ccc(OC)cc2)c2cc(C)c(C(F)(F)F)c(-c3cc4nc(OCC56COC(C5)C6)nc5c4c(c3Cl)OCCN5Cc3cccnc3NC(=O)OC(C)(C)C)n2)cc1. The lowest BCUT2D eigenvalue weighted by Gasteiger charge is -2.34. The molecule has 3 aromatic heterocycles. The molecule has 3 fully saturated rings. The standard InChI is InChI=1S/C50H51ClF3N7O7/c1-29-20-38(61(24-30-9-13-33(63-5)14-10-30)25-31-11-15-34(64-6)16-12-31)57-42(40(29)50(52,53)54)36-21-37-39-43(41(36)51)65-19-18-60(26-32-8-7-17-55-44(32)58-47(62)68-48(2,3)4)45(39)59-46(56-37)67-28-49-22-35(23-49)66-27-49/h7-17,20-21,35H,18-19,22-28H2,1-6H3,(H,55,58,62). The molecule has 1 saturated carbocycles. The lowest BCUT2D eigenvalue weighted by molar-refractivity contribution is -0.137. The fourth-order valence-electron chi connectivity index (χ4n) is 8.91. The van der Waals surface area contributed by atoms with Gasteiger partial charge in [-0.3, -0.25) is 5.32 Å². The van der Waals surface area contributed by atoms with Crippen LogP contribution in [0.25, 0.3) is 22.2 Å². The highest BCUT2D eigenvalue weighted by Gasteiger charge is 2.52. The van der Waals surface area contributed by atoms with Crippen molar-refractivity contribution in [3.63, 3.8) is 0 Å². The molecule has 0 radical (unpaired) electrons. The molecular formula is C50H51ClF3N7O7. The number of aromatic nitrogens is 4. The normalized spacial score (nSPS) is 17.5. The number of aryl methyl sites for hydroxylation is 1. The largest absolute Gasteiger partial charge is 0.497 e. The second kappa shape index (κ2) is 18.5. The lowest BCUT2D eigenvalue weighted by atomic mass is 9.71. The molecule has 6 heterocycles. The van der Waals surface area contributed by atoms with Gasteiger partial charge in [0.1, 0.15) is 41.2 Å². The van der Waals surface area contributed by atoms with Gasteiger partial charge in [-0.2, -0.15) is 23.1 Å². The van der Waals surface area contributed by atoms with Crippen molar-refractivity contribution in [1.29, 1.82) is 0 Å². The molecule has 6 aromatic rings. The van der Waals surface area contributed by atoms with E-state index in [1.165, 1.54) is 19.1 Å². The number of amides is 1. The van der Waals surface area contributed by atoms with Gasteiger partial charge in [-0.05, 0) is 99.7 Å². The van der Waals surface area contributed by atoms with Crippen molar-refractivity contribution < 1.29 is 46.4 Å². The van der Waals surface area contributed by atoms with Crippen molar-refractivity contribution in [2.24, 2.45) is 5.41 Å². The van der Waals surface area contributed by atoms with Crippen molar-refractivity contribution >= 4 is 46.1 Å². The van der Waals surface area contributed by atoms with Crippen LogP contribution in [-0.2, 0) is 35.3 Å². The fraction of sp³-hybridized carbons (Fsp3) is 0.380. The molecule has 3 aliphatic heterocycles. The quantitative estimate of drug-likeness (QED) is 0.111. The van der Waals surface area contributed by atoms with Gasteiger partial charge < -0.3 is 38.2 Å². The summed E-state index contributed by atoms with van der Waals surface area (Å²) in [6, 6.07) is 21.5. The Morgan fingerprint density at radius 2 is 1.63 bits per heavy atom. The molecule has 0 spiro atoms. The van der Waals surface area contributed by atoms with Gasteiger partial charge in [-0.25, -0.2) is 14.8 Å². The van der Waals surface area contributed by atoms with E-state index in [2.05, 4.69) is 10.3 Å². The van der Waals surface area contributed by atoms with Crippen molar-refractivity contribution in [2.45, 2.75) is 78.1 Å². The van der Waals surface area contributed by atoms with Gasteiger partial charge in [0.05, 0.1) is 67.3 Å². The van der Waals surface area contributed by atoms with E-state index in [4.69, 9.17) is 55.0 Å². The Morgan fingerprint density at radius 3 is 2.24 bits per heavy atom. The van der Waals surface area contributed by atoms with Crippen LogP contribution in [0.1, 0.15) is 61.4 Å². The van der Waals surface area contributed by atoms with Gasteiger partial charge in [-0.15, -0.1) is 0 Å². The number of rotatable bonds is 14. The third-order valence-corrected chi connectivity index (χ3v) is 12.6. The molecule has 356 valence electrons. The highest BCUT2D eigenvalue weighted by Crippen LogP contribution is 2.51. The van der Waals surface area contributed by atoms with Crippen LogP contribution >= 0.6 is 11.6 Å². The Kier molecular flexibility index (Phi) is 12.6. The summed E-state index contributed by atoms with van der Waals surface area (Å²) in [7, 11) is 3.16. The number of anilines is 3. The zero-order valence-electron chi connectivity index (χ0n) is 38.5. The minimum Gasteiger partial charge on any atom is -0.497 e. The predicted molar refractivity (Wildman–Crippen MR) is 251 cm³/mol. The molecule has 2 bridgehead atoms. The Hall–Kier alpha value is -6.59. The highest BCUT2D eigenvalue weighted by molar-refractivity contribution is 6.36. The summed E-state index contributed by atoms with van der Waals surface area (Å²) < 4.78 is 81.3. The number of nitrogens with one attached hydrogen (secondary N) is 1. The van der Waals surface area contributed by atoms with Crippen molar-refractivity contribution in [1.82, 2.24) is 19.9 Å². The molecular weight excluding hydrogens is 903 g/mol. The summed E-state index contributed by atoms with van der Waals surface area (Å²) >= 11 is 7.32. The average Bonchev–Trinajstić information content (AvgIpc) is 3.84. The van der Waals surface area contributed by atoms with Gasteiger partial charge in [0.15, 0.2) is 5.75 Å². The second-order valence-electron chi connectivity index (χ2n) is 18.4. The Labute approximate surface area is 396 Å². The van der Waals surface area contributed by atoms with Gasteiger partial charge in [0.25, 0.3) is 0 Å². The topological polar surface area (TPSA) is 143 Å². The summed E-state index contributed by atoms with van der Waals surface area (Å²) in [6.45, 7) is 8.60. The van der Waals surface area contributed by atoms with E-state index in [1.54, 1.807) is 47.3 Å². The maximum atomic E-state index is 15.5. The number of fused-ring (bicyclic) bond motifs is 1. The maximum absolute atomic E-state index is 15.5. The van der Waals surface area contributed by atoms with E-state index < -0.39 is 29.1 Å². The van der Waals surface area contributed by atoms with E-state index in [0.29, 0.717) is 48.0 Å². The first kappa shape index (κ1) is 46.5. The number of pyridine rings is 2. The molecule has 14 nitrogen and oxygen atoms in total. The molecule has 1 amide bonds. The summed E-state index contributed by atoms with van der Waals surface area (Å²) in [4.78, 5) is 35.8. The van der Waals surface area contributed by atoms with E-state index in [-0.39, 0.29) is 82.9 Å². The average molecular weight is 954 g/mol. The first-order chi connectivity index (χ1) is 32.5. The summed E-state index contributed by atoms with van der Waals surface area (Å²) in [5, 5.41) is 3.03. The zero-order chi connectivity index (χ0) is 48.0. The maximum Gasteiger partial charge on any atom is 0.418 e. The van der Waals surface area contributed by atoms with E-state index in [9.17, 15) is 4.79 Å². The van der Waals surface area contributed by atoms with Crippen LogP contribution in [0.4, 0.5) is 35.4 Å². The van der Waals surface area contributed by atoms with Crippen LogP contribution in [0.5, 0.6) is 23.3 Å². The first-order valence-corrected chi connectivity index (χ1v) is 22.6. The molecule has 10 rings (SSSR count). The van der Waals surface area contributed by atoms with Crippen LogP contribution in [0.3, 0.4) is 0 Å². The first-order valence-electron chi connectivity index (χ1n) is 22.2. The Balaban J connectivity index is 1.17. The van der Waals surface area contributed by atoms with Gasteiger partial charge in [0, 0.05) is 42.4 Å². The van der Waals surface area contributed by atoms with Crippen LogP contribution in [-0.4, -0.2) is 78.3 Å². The zero-order valence-corrected chi connectivity index (χ0v) is 39.3. The van der Waals surface area contributed by atoms with Crippen molar-refractivity contribution in [3.05, 3.63) is 112 Å². The van der Waals surface area contributed by atoms with E-state index in [0.717, 1.165) is 24.0 Å². The summed E-state index contributed by atoms with van der Waals surface area (Å²) in [5.74, 6) is 2.35. The number of benzene rings is 3. The molecule has 18 heteroatoms. The molecule has 1 N–H and O–H groups in total. The van der Waals surface area contributed by atoms with Crippen molar-refractivity contribution in [2.75, 3.05) is 55.7 Å². The summed E-state index contributed by atoms with van der Waals surface area (Å²) in [6.07, 6.45) is -2.06. The molecule has 2 saturated heterocycles. The smallest absolute Gasteiger partial charge is 0.418 e.